The van der Waals surface area contributed by atoms with Crippen molar-refractivity contribution in [2.24, 2.45) is 0 Å². The molecule has 0 aromatic carbocycles. The van der Waals surface area contributed by atoms with Gasteiger partial charge in [0.1, 0.15) is 0 Å². The Morgan fingerprint density at radius 3 is 1.19 bits per heavy atom. The van der Waals surface area contributed by atoms with Gasteiger partial charge in [-0.05, 0) is 109 Å². The average Bonchev–Trinajstić information content (AvgIpc) is 3.24. The van der Waals surface area contributed by atoms with E-state index in [0.29, 0.717) is 6.42 Å². The van der Waals surface area contributed by atoms with E-state index >= 15 is 0 Å². The molecule has 59 heavy (non-hydrogen) atoms. The van der Waals surface area contributed by atoms with E-state index in [9.17, 15) is 15.0 Å². The molecule has 0 aliphatic rings. The summed E-state index contributed by atoms with van der Waals surface area (Å²) in [5, 5.41) is 22.9. The Balaban J connectivity index is 3.70. The van der Waals surface area contributed by atoms with E-state index in [4.69, 9.17) is 0 Å². The van der Waals surface area contributed by atoms with Crippen LogP contribution in [-0.2, 0) is 4.79 Å². The molecule has 2 unspecified atom stereocenters. The third-order valence-electron chi connectivity index (χ3n) is 9.53. The number of aliphatic hydroxyl groups is 2. The quantitative estimate of drug-likeness (QED) is 0.0426. The van der Waals surface area contributed by atoms with Crippen molar-refractivity contribution in [1.82, 2.24) is 5.32 Å². The Morgan fingerprint density at radius 1 is 0.424 bits per heavy atom. The highest BCUT2D eigenvalue weighted by molar-refractivity contribution is 5.76. The summed E-state index contributed by atoms with van der Waals surface area (Å²) in [4.78, 5) is 12.4. The molecule has 0 aliphatic carbocycles. The SMILES string of the molecule is CC/C=C\C/C=C\C/C=C\C/C=C\C/C=C\C/C=C\C/C=C\C/C=C\C/C=C\CCCCCCCCCC(=O)NC(CO)C(O)/C=C/CC/C=C/CC/C=C/CCCC. The van der Waals surface area contributed by atoms with Crippen LogP contribution in [0.25, 0.3) is 0 Å². The Labute approximate surface area is 363 Å². The van der Waals surface area contributed by atoms with Gasteiger partial charge in [0.15, 0.2) is 0 Å². The minimum atomic E-state index is -0.884. The zero-order valence-electron chi connectivity index (χ0n) is 37.7. The summed E-state index contributed by atoms with van der Waals surface area (Å²) >= 11 is 0. The minimum absolute atomic E-state index is 0.0990. The summed E-state index contributed by atoms with van der Waals surface area (Å²) in [6, 6.07) is -0.661. The van der Waals surface area contributed by atoms with Crippen molar-refractivity contribution in [2.75, 3.05) is 6.61 Å². The summed E-state index contributed by atoms with van der Waals surface area (Å²) in [5.74, 6) is -0.0990. The first-order valence-corrected chi connectivity index (χ1v) is 23.5. The molecule has 0 aliphatic heterocycles. The topological polar surface area (TPSA) is 69.6 Å². The van der Waals surface area contributed by atoms with E-state index in [1.54, 1.807) is 6.08 Å². The summed E-state index contributed by atoms with van der Waals surface area (Å²) in [5.41, 5.74) is 0. The summed E-state index contributed by atoms with van der Waals surface area (Å²) in [6.07, 6.45) is 78.2. The number of nitrogens with one attached hydrogen (secondary N) is 1. The predicted octanol–water partition coefficient (Wildman–Crippen LogP) is 15.3. The van der Waals surface area contributed by atoms with Gasteiger partial charge < -0.3 is 15.5 Å². The maximum absolute atomic E-state index is 12.4. The number of unbranched alkanes of at least 4 members (excludes halogenated alkanes) is 11. The summed E-state index contributed by atoms with van der Waals surface area (Å²) in [6.45, 7) is 4.10. The van der Waals surface area contributed by atoms with Crippen LogP contribution in [-0.4, -0.2) is 34.9 Å². The fourth-order valence-electron chi connectivity index (χ4n) is 5.95. The number of hydrogen-bond donors (Lipinski definition) is 3. The van der Waals surface area contributed by atoms with Crippen LogP contribution >= 0.6 is 0 Å². The molecular formula is C55H87NO3. The van der Waals surface area contributed by atoms with Crippen LogP contribution in [0.4, 0.5) is 0 Å². The highest BCUT2D eigenvalue weighted by Crippen LogP contribution is 2.11. The number of aliphatic hydroxyl groups excluding tert-OH is 2. The van der Waals surface area contributed by atoms with Gasteiger partial charge in [0.25, 0.3) is 0 Å². The maximum atomic E-state index is 12.4. The lowest BCUT2D eigenvalue weighted by Crippen LogP contribution is -2.45. The highest BCUT2D eigenvalue weighted by atomic mass is 16.3. The molecule has 0 heterocycles. The van der Waals surface area contributed by atoms with Crippen molar-refractivity contribution >= 4 is 5.91 Å². The fourth-order valence-corrected chi connectivity index (χ4v) is 5.95. The van der Waals surface area contributed by atoms with Gasteiger partial charge in [0, 0.05) is 6.42 Å². The Hall–Kier alpha value is -3.73. The molecule has 4 heteroatoms. The number of hydrogen-bond acceptors (Lipinski definition) is 3. The van der Waals surface area contributed by atoms with Crippen molar-refractivity contribution < 1.29 is 15.0 Å². The second-order valence-corrected chi connectivity index (χ2v) is 15.1. The molecule has 2 atom stereocenters. The number of amides is 1. The number of carbonyl (C=O) groups excluding carboxylic acids is 1. The largest absolute Gasteiger partial charge is 0.394 e. The first-order valence-electron chi connectivity index (χ1n) is 23.5. The van der Waals surface area contributed by atoms with Crippen LogP contribution in [0.15, 0.2) is 146 Å². The van der Waals surface area contributed by atoms with Gasteiger partial charge in [-0.2, -0.15) is 0 Å². The average molecular weight is 810 g/mol. The van der Waals surface area contributed by atoms with Crippen molar-refractivity contribution in [1.29, 1.82) is 0 Å². The molecule has 3 N–H and O–H groups in total. The first-order chi connectivity index (χ1) is 29.2. The van der Waals surface area contributed by atoms with Crippen molar-refractivity contribution in [3.8, 4) is 0 Å². The molecule has 4 nitrogen and oxygen atoms in total. The van der Waals surface area contributed by atoms with Gasteiger partial charge in [0.05, 0.1) is 18.8 Å². The predicted molar refractivity (Wildman–Crippen MR) is 261 cm³/mol. The minimum Gasteiger partial charge on any atom is -0.394 e. The Bertz CT molecular complexity index is 1280. The third kappa shape index (κ3) is 45.2. The molecule has 0 spiro atoms. The molecule has 0 bridgehead atoms. The van der Waals surface area contributed by atoms with Crippen LogP contribution in [0.2, 0.25) is 0 Å². The van der Waals surface area contributed by atoms with Gasteiger partial charge in [-0.25, -0.2) is 0 Å². The van der Waals surface area contributed by atoms with E-state index in [1.807, 2.05) is 6.08 Å². The Morgan fingerprint density at radius 2 is 0.763 bits per heavy atom. The van der Waals surface area contributed by atoms with E-state index in [-0.39, 0.29) is 12.5 Å². The van der Waals surface area contributed by atoms with E-state index in [2.05, 4.69) is 153 Å². The maximum Gasteiger partial charge on any atom is 0.220 e. The standard InChI is InChI=1S/C55H87NO3/c1-3-5-7-9-11-13-15-17-18-19-20-21-22-23-24-25-26-27-28-29-30-31-32-33-34-35-36-37-38-39-41-43-45-47-49-51-55(59)56-53(52-57)54(58)50-48-46-44-42-40-16-14-12-10-8-6-4-2/h5,7,10-13,17-18,20-21,23-24,26-27,29-30,32-33,35-36,40,42,48,50,53-54,57-58H,3-4,6,8-9,14-16,19,22,25,28,31,34,37-39,41,43-47,49,51-52H2,1-2H3,(H,56,59)/b7-5-,12-10+,13-11-,18-17-,21-20-,24-23-,27-26-,30-29-,33-32-,36-35-,42-40+,50-48+. The second kappa shape index (κ2) is 48.6. The number of rotatable bonds is 40. The van der Waals surface area contributed by atoms with Crippen LogP contribution in [0.5, 0.6) is 0 Å². The van der Waals surface area contributed by atoms with Crippen molar-refractivity contribution in [3.05, 3.63) is 146 Å². The van der Waals surface area contributed by atoms with E-state index < -0.39 is 12.1 Å². The summed E-state index contributed by atoms with van der Waals surface area (Å²) in [7, 11) is 0. The molecule has 0 radical (unpaired) electrons. The molecule has 0 aromatic rings. The van der Waals surface area contributed by atoms with E-state index in [1.165, 1.54) is 44.9 Å². The van der Waals surface area contributed by atoms with Crippen molar-refractivity contribution in [3.63, 3.8) is 0 Å². The third-order valence-corrected chi connectivity index (χ3v) is 9.53. The zero-order valence-corrected chi connectivity index (χ0v) is 37.7. The molecule has 0 aromatic heterocycles. The number of carbonyl (C=O) groups is 1. The molecule has 0 saturated carbocycles. The number of allylic oxidation sites excluding steroid dienone is 23. The monoisotopic (exact) mass is 810 g/mol. The molecular weight excluding hydrogens is 723 g/mol. The lowest BCUT2D eigenvalue weighted by molar-refractivity contribution is -0.123. The van der Waals surface area contributed by atoms with Crippen LogP contribution in [0.3, 0.4) is 0 Å². The van der Waals surface area contributed by atoms with Gasteiger partial charge in [-0.3, -0.25) is 4.79 Å². The van der Waals surface area contributed by atoms with Crippen LogP contribution < -0.4 is 5.32 Å². The lowest BCUT2D eigenvalue weighted by Gasteiger charge is -2.19. The van der Waals surface area contributed by atoms with Crippen LogP contribution in [0.1, 0.15) is 174 Å². The molecule has 1 amide bonds. The van der Waals surface area contributed by atoms with Crippen LogP contribution in [0, 0.1) is 0 Å². The fraction of sp³-hybridized carbons (Fsp3) is 0.545. The first kappa shape index (κ1) is 55.3. The molecule has 330 valence electrons. The van der Waals surface area contributed by atoms with Gasteiger partial charge in [-0.1, -0.05) is 205 Å². The zero-order chi connectivity index (χ0) is 42.8. The van der Waals surface area contributed by atoms with Gasteiger partial charge in [0.2, 0.25) is 5.91 Å². The van der Waals surface area contributed by atoms with Crippen molar-refractivity contribution in [2.45, 2.75) is 187 Å². The van der Waals surface area contributed by atoms with Gasteiger partial charge >= 0.3 is 0 Å². The van der Waals surface area contributed by atoms with Gasteiger partial charge in [-0.15, -0.1) is 0 Å². The smallest absolute Gasteiger partial charge is 0.220 e. The molecule has 0 rings (SSSR count). The normalized spacial score (nSPS) is 14.3. The van der Waals surface area contributed by atoms with E-state index in [0.717, 1.165) is 109 Å². The second-order valence-electron chi connectivity index (χ2n) is 15.1. The summed E-state index contributed by atoms with van der Waals surface area (Å²) < 4.78 is 0. The molecule has 0 fully saturated rings. The Kier molecular flexibility index (Phi) is 45.6. The molecule has 0 saturated heterocycles. The lowest BCUT2D eigenvalue weighted by atomic mass is 10.1. The highest BCUT2D eigenvalue weighted by Gasteiger charge is 2.17.